The van der Waals surface area contributed by atoms with Crippen molar-refractivity contribution in [1.82, 2.24) is 9.80 Å². The molecule has 1 saturated heterocycles. The van der Waals surface area contributed by atoms with Gasteiger partial charge >= 0.3 is 6.03 Å². The third kappa shape index (κ3) is 2.79. The molecule has 0 spiro atoms. The van der Waals surface area contributed by atoms with E-state index in [4.69, 9.17) is 0 Å². The van der Waals surface area contributed by atoms with Crippen LogP contribution in [0.2, 0.25) is 0 Å². The summed E-state index contributed by atoms with van der Waals surface area (Å²) in [7, 11) is 0. The number of aryl methyl sites for hydroxylation is 1. The Morgan fingerprint density at radius 1 is 1.36 bits per heavy atom. The summed E-state index contributed by atoms with van der Waals surface area (Å²) in [6, 6.07) is 4.04. The Balaban J connectivity index is 1.62. The average molecular weight is 305 g/mol. The average Bonchev–Trinajstić information content (AvgIpc) is 3.26. The summed E-state index contributed by atoms with van der Waals surface area (Å²) < 4.78 is 13.4. The molecule has 116 valence electrons. The van der Waals surface area contributed by atoms with Crippen LogP contribution in [0, 0.1) is 12.7 Å². The number of amides is 4. The molecule has 6 nitrogen and oxygen atoms in total. The predicted molar refractivity (Wildman–Crippen MR) is 76.6 cm³/mol. The Labute approximate surface area is 126 Å². The van der Waals surface area contributed by atoms with E-state index in [-0.39, 0.29) is 25.0 Å². The SMILES string of the molecule is Cc1ccc(NC(=O)CN2C(=O)CN(C3CC3)C2=O)cc1F. The lowest BCUT2D eigenvalue weighted by atomic mass is 10.2. The zero-order valence-electron chi connectivity index (χ0n) is 12.1. The number of anilines is 1. The number of nitrogens with zero attached hydrogens (tertiary/aromatic N) is 2. The highest BCUT2D eigenvalue weighted by Gasteiger charge is 2.44. The van der Waals surface area contributed by atoms with E-state index in [1.165, 1.54) is 11.0 Å². The van der Waals surface area contributed by atoms with Crippen molar-refractivity contribution in [2.75, 3.05) is 18.4 Å². The monoisotopic (exact) mass is 305 g/mol. The highest BCUT2D eigenvalue weighted by Crippen LogP contribution is 2.30. The zero-order valence-corrected chi connectivity index (χ0v) is 12.1. The predicted octanol–water partition coefficient (Wildman–Crippen LogP) is 1.50. The number of nitrogens with one attached hydrogen (secondary N) is 1. The molecule has 22 heavy (non-hydrogen) atoms. The number of rotatable bonds is 4. The van der Waals surface area contributed by atoms with E-state index in [0.717, 1.165) is 17.7 Å². The maximum Gasteiger partial charge on any atom is 0.327 e. The number of benzene rings is 1. The number of urea groups is 1. The maximum absolute atomic E-state index is 13.4. The van der Waals surface area contributed by atoms with Gasteiger partial charge in [-0.1, -0.05) is 6.07 Å². The zero-order chi connectivity index (χ0) is 15.9. The number of hydrogen-bond acceptors (Lipinski definition) is 3. The normalized spacial score (nSPS) is 18.1. The highest BCUT2D eigenvalue weighted by atomic mass is 19.1. The first-order valence-corrected chi connectivity index (χ1v) is 7.12. The summed E-state index contributed by atoms with van der Waals surface area (Å²) in [6.07, 6.45) is 1.81. The second-order valence-electron chi connectivity index (χ2n) is 5.63. The van der Waals surface area contributed by atoms with Crippen molar-refractivity contribution in [3.8, 4) is 0 Å². The molecule has 4 amide bonds. The molecule has 7 heteroatoms. The molecular formula is C15H16FN3O3. The molecule has 0 atom stereocenters. The second-order valence-corrected chi connectivity index (χ2v) is 5.63. The summed E-state index contributed by atoms with van der Waals surface area (Å²) in [6.45, 7) is 1.31. The van der Waals surface area contributed by atoms with Crippen LogP contribution in [0.5, 0.6) is 0 Å². The van der Waals surface area contributed by atoms with E-state index < -0.39 is 17.8 Å². The van der Waals surface area contributed by atoms with Crippen LogP contribution < -0.4 is 5.32 Å². The van der Waals surface area contributed by atoms with E-state index in [0.29, 0.717) is 11.3 Å². The quantitative estimate of drug-likeness (QED) is 0.857. The molecule has 1 aromatic rings. The molecule has 0 unspecified atom stereocenters. The summed E-state index contributed by atoms with van der Waals surface area (Å²) in [4.78, 5) is 38.3. The first-order valence-electron chi connectivity index (χ1n) is 7.12. The minimum Gasteiger partial charge on any atom is -0.324 e. The number of imide groups is 1. The van der Waals surface area contributed by atoms with Crippen LogP contribution in [-0.4, -0.2) is 46.8 Å². The fraction of sp³-hybridized carbons (Fsp3) is 0.400. The van der Waals surface area contributed by atoms with Crippen molar-refractivity contribution in [3.63, 3.8) is 0 Å². The van der Waals surface area contributed by atoms with Gasteiger partial charge in [-0.15, -0.1) is 0 Å². The van der Waals surface area contributed by atoms with Gasteiger partial charge in [-0.2, -0.15) is 0 Å². The molecule has 3 rings (SSSR count). The van der Waals surface area contributed by atoms with Gasteiger partial charge in [-0.25, -0.2) is 9.18 Å². The molecule has 2 fully saturated rings. The minimum absolute atomic E-state index is 0.0376. The van der Waals surface area contributed by atoms with Gasteiger partial charge in [0.2, 0.25) is 5.91 Å². The Morgan fingerprint density at radius 2 is 2.09 bits per heavy atom. The molecule has 0 bridgehead atoms. The summed E-state index contributed by atoms with van der Waals surface area (Å²) in [5.74, 6) is -1.32. The first kappa shape index (κ1) is 14.5. The van der Waals surface area contributed by atoms with Crippen LogP contribution in [0.1, 0.15) is 18.4 Å². The van der Waals surface area contributed by atoms with Gasteiger partial charge in [-0.3, -0.25) is 14.5 Å². The largest absolute Gasteiger partial charge is 0.327 e. The lowest BCUT2D eigenvalue weighted by Gasteiger charge is -2.16. The smallest absolute Gasteiger partial charge is 0.324 e. The van der Waals surface area contributed by atoms with E-state index in [1.54, 1.807) is 19.1 Å². The third-order valence-electron chi connectivity index (χ3n) is 3.83. The number of hydrogen-bond donors (Lipinski definition) is 1. The molecule has 1 aliphatic heterocycles. The van der Waals surface area contributed by atoms with E-state index in [9.17, 15) is 18.8 Å². The van der Waals surface area contributed by atoms with Gasteiger partial charge in [0.25, 0.3) is 5.91 Å². The van der Waals surface area contributed by atoms with Crippen LogP contribution in [0.15, 0.2) is 18.2 Å². The van der Waals surface area contributed by atoms with Gasteiger partial charge in [0.1, 0.15) is 18.9 Å². The fourth-order valence-corrected chi connectivity index (χ4v) is 2.40. The lowest BCUT2D eigenvalue weighted by Crippen LogP contribution is -2.39. The van der Waals surface area contributed by atoms with Crippen molar-refractivity contribution < 1.29 is 18.8 Å². The highest BCUT2D eigenvalue weighted by molar-refractivity contribution is 6.06. The Hall–Kier alpha value is -2.44. The summed E-state index contributed by atoms with van der Waals surface area (Å²) in [5, 5.41) is 2.49. The van der Waals surface area contributed by atoms with Gasteiger partial charge in [0.05, 0.1) is 0 Å². The van der Waals surface area contributed by atoms with Crippen LogP contribution in [0.4, 0.5) is 14.9 Å². The molecule has 0 aromatic heterocycles. The van der Waals surface area contributed by atoms with Gasteiger partial charge in [-0.05, 0) is 37.5 Å². The van der Waals surface area contributed by atoms with E-state index >= 15 is 0 Å². The van der Waals surface area contributed by atoms with Crippen molar-refractivity contribution >= 4 is 23.5 Å². The Kier molecular flexibility index (Phi) is 3.56. The first-order chi connectivity index (χ1) is 10.5. The maximum atomic E-state index is 13.4. The molecule has 1 aliphatic carbocycles. The molecule has 1 aromatic carbocycles. The van der Waals surface area contributed by atoms with Gasteiger partial charge < -0.3 is 10.2 Å². The summed E-state index contributed by atoms with van der Waals surface area (Å²) in [5.41, 5.74) is 0.772. The fourth-order valence-electron chi connectivity index (χ4n) is 2.40. The third-order valence-corrected chi connectivity index (χ3v) is 3.83. The van der Waals surface area contributed by atoms with Gasteiger partial charge in [0.15, 0.2) is 0 Å². The molecule has 0 radical (unpaired) electrons. The van der Waals surface area contributed by atoms with Crippen LogP contribution in [-0.2, 0) is 9.59 Å². The molecule has 1 saturated carbocycles. The van der Waals surface area contributed by atoms with E-state index in [1.807, 2.05) is 0 Å². The van der Waals surface area contributed by atoms with Crippen molar-refractivity contribution in [2.24, 2.45) is 0 Å². The molecule has 1 N–H and O–H groups in total. The second kappa shape index (κ2) is 5.40. The van der Waals surface area contributed by atoms with Crippen LogP contribution >= 0.6 is 0 Å². The van der Waals surface area contributed by atoms with Crippen LogP contribution in [0.3, 0.4) is 0 Å². The van der Waals surface area contributed by atoms with Crippen LogP contribution in [0.25, 0.3) is 0 Å². The minimum atomic E-state index is -0.525. The topological polar surface area (TPSA) is 69.7 Å². The molecule has 2 aliphatic rings. The standard InChI is InChI=1S/C15H16FN3O3/c1-9-2-3-10(6-12(9)16)17-13(20)7-19-14(21)8-18(15(19)22)11-4-5-11/h2-3,6,11H,4-5,7-8H2,1H3,(H,17,20). The number of halogens is 1. The molecule has 1 heterocycles. The van der Waals surface area contributed by atoms with E-state index in [2.05, 4.69) is 5.32 Å². The Bertz CT molecular complexity index is 657. The summed E-state index contributed by atoms with van der Waals surface area (Å²) >= 11 is 0. The van der Waals surface area contributed by atoms with Crippen molar-refractivity contribution in [2.45, 2.75) is 25.8 Å². The van der Waals surface area contributed by atoms with Gasteiger partial charge in [0, 0.05) is 11.7 Å². The van der Waals surface area contributed by atoms with Crippen molar-refractivity contribution in [3.05, 3.63) is 29.6 Å². The Morgan fingerprint density at radius 3 is 2.73 bits per heavy atom. The lowest BCUT2D eigenvalue weighted by molar-refractivity contribution is -0.129. The number of carbonyl (C=O) groups is 3. The number of carbonyl (C=O) groups excluding carboxylic acids is 3. The van der Waals surface area contributed by atoms with Crippen molar-refractivity contribution in [1.29, 1.82) is 0 Å². The molecular weight excluding hydrogens is 289 g/mol.